The fraction of sp³-hybridized carbons (Fsp3) is 0.926. The van der Waals surface area contributed by atoms with Gasteiger partial charge in [-0.25, -0.2) is 0 Å². The summed E-state index contributed by atoms with van der Waals surface area (Å²) < 4.78 is 36.7. The molecule has 0 aliphatic rings. The molecule has 43 heavy (non-hydrogen) atoms. The second kappa shape index (κ2) is 19.0. The molecule has 0 amide bonds. The minimum atomic E-state index is -2.33. The molecule has 0 aromatic heterocycles. The summed E-state index contributed by atoms with van der Waals surface area (Å²) in [5.74, 6) is -1.15. The molecule has 0 heterocycles. The van der Waals surface area contributed by atoms with E-state index in [1.165, 1.54) is 0 Å². The summed E-state index contributed by atoms with van der Waals surface area (Å²) in [7, 11) is -12.5. The summed E-state index contributed by atoms with van der Waals surface area (Å²) >= 11 is 0. The van der Waals surface area contributed by atoms with E-state index in [1.54, 1.807) is 0 Å². The van der Waals surface area contributed by atoms with Crippen molar-refractivity contribution in [2.24, 2.45) is 0 Å². The second-order valence-corrected chi connectivity index (χ2v) is 39.7. The maximum absolute atomic E-state index is 12.2. The third kappa shape index (κ3) is 23.0. The van der Waals surface area contributed by atoms with E-state index in [4.69, 9.17) is 36.1 Å². The zero-order valence-electron chi connectivity index (χ0n) is 29.4. The van der Waals surface area contributed by atoms with Gasteiger partial charge in [-0.3, -0.25) is 9.59 Å². The highest BCUT2D eigenvalue weighted by atomic mass is 28.5. The number of carbonyl (C=O) groups is 2. The smallest absolute Gasteiger partial charge is 0.317 e. The molecule has 0 spiro atoms. The normalized spacial score (nSPS) is 13.7. The second-order valence-electron chi connectivity index (χ2n) is 14.7. The fourth-order valence-electron chi connectivity index (χ4n) is 5.50. The van der Waals surface area contributed by atoms with E-state index in [2.05, 4.69) is 78.6 Å². The van der Waals surface area contributed by atoms with Gasteiger partial charge in [-0.2, -0.15) is 0 Å². The van der Waals surface area contributed by atoms with E-state index in [9.17, 15) is 9.59 Å². The minimum absolute atomic E-state index is 0.179. The lowest BCUT2D eigenvalue weighted by molar-refractivity contribution is -0.154. The van der Waals surface area contributed by atoms with E-state index in [-0.39, 0.29) is 26.4 Å². The number of aliphatic hydroxyl groups excluding tert-OH is 2. The first-order valence-corrected chi connectivity index (χ1v) is 33.9. The van der Waals surface area contributed by atoms with Crippen LogP contribution in [0.25, 0.3) is 0 Å². The maximum atomic E-state index is 12.2. The Hall–Kier alpha value is 0.00130. The molecular formula is C27H64O10Si6. The van der Waals surface area contributed by atoms with Gasteiger partial charge in [-0.05, 0) is 128 Å². The van der Waals surface area contributed by atoms with Gasteiger partial charge in [0.05, 0.1) is 13.2 Å². The third-order valence-corrected chi connectivity index (χ3v) is 29.6. The van der Waals surface area contributed by atoms with Crippen molar-refractivity contribution in [1.29, 1.82) is 0 Å². The molecule has 0 aromatic rings. The van der Waals surface area contributed by atoms with E-state index in [1.807, 2.05) is 0 Å². The van der Waals surface area contributed by atoms with Crippen LogP contribution in [-0.2, 0) is 35.5 Å². The van der Waals surface area contributed by atoms with Crippen LogP contribution in [0.15, 0.2) is 0 Å². The third-order valence-electron chi connectivity index (χ3n) is 6.62. The van der Waals surface area contributed by atoms with Crippen molar-refractivity contribution < 1.29 is 45.7 Å². The van der Waals surface area contributed by atoms with Gasteiger partial charge in [0.1, 0.15) is 6.42 Å². The molecule has 0 unspecified atom stereocenters. The van der Waals surface area contributed by atoms with Crippen LogP contribution < -0.4 is 0 Å². The average Bonchev–Trinajstić information content (AvgIpc) is 2.79. The molecule has 0 atom stereocenters. The molecule has 2 N–H and O–H groups in total. The van der Waals surface area contributed by atoms with Crippen LogP contribution in [0.2, 0.25) is 103 Å². The molecule has 0 aliphatic carbocycles. The summed E-state index contributed by atoms with van der Waals surface area (Å²) in [5.41, 5.74) is 0. The monoisotopic (exact) mass is 716 g/mol. The van der Waals surface area contributed by atoms with Gasteiger partial charge in [-0.1, -0.05) is 0 Å². The van der Waals surface area contributed by atoms with E-state index < -0.39 is 68.8 Å². The Morgan fingerprint density at radius 2 is 0.721 bits per heavy atom. The van der Waals surface area contributed by atoms with Crippen LogP contribution >= 0.6 is 0 Å². The molecule has 0 aliphatic heterocycles. The number of ether oxygens (including phenoxy) is 2. The number of rotatable bonds is 24. The Labute approximate surface area is 268 Å². The highest BCUT2D eigenvalue weighted by molar-refractivity contribution is 6.88. The first-order valence-electron chi connectivity index (χ1n) is 15.8. The maximum Gasteiger partial charge on any atom is 0.317 e. The first-order chi connectivity index (χ1) is 19.4. The molecule has 16 heteroatoms. The van der Waals surface area contributed by atoms with Crippen molar-refractivity contribution in [3.8, 4) is 0 Å². The molecule has 0 radical (unpaired) electrons. The minimum Gasteiger partial charge on any atom is -0.465 e. The largest absolute Gasteiger partial charge is 0.465 e. The zero-order chi connectivity index (χ0) is 33.6. The zero-order valence-corrected chi connectivity index (χ0v) is 35.4. The van der Waals surface area contributed by atoms with Gasteiger partial charge in [0.2, 0.25) is 0 Å². The standard InChI is InChI=1S/C27H64O10Si6/c1-38(2,21-13-17-28)34-42(9,10)36-40(5,6)23-15-19-32-26(30)25-27(31)33-20-16-24-41(7,8)37-43(11,12)35-39(3,4)22-14-18-29/h28-29H,13-25H2,1-12H3. The van der Waals surface area contributed by atoms with Crippen molar-refractivity contribution in [2.75, 3.05) is 26.4 Å². The van der Waals surface area contributed by atoms with Crippen LogP contribution in [0.5, 0.6) is 0 Å². The molecule has 0 bridgehead atoms. The Morgan fingerprint density at radius 1 is 0.465 bits per heavy atom. The highest BCUT2D eigenvalue weighted by Gasteiger charge is 2.40. The molecule has 0 rings (SSSR count). The summed E-state index contributed by atoms with van der Waals surface area (Å²) in [4.78, 5) is 24.4. The van der Waals surface area contributed by atoms with Gasteiger partial charge in [-0.15, -0.1) is 0 Å². The van der Waals surface area contributed by atoms with Crippen molar-refractivity contribution in [1.82, 2.24) is 0 Å². The van der Waals surface area contributed by atoms with Crippen molar-refractivity contribution >= 4 is 62.3 Å². The average molecular weight is 717 g/mol. The number of hydrogen-bond donors (Lipinski definition) is 2. The van der Waals surface area contributed by atoms with Crippen molar-refractivity contribution in [3.63, 3.8) is 0 Å². The van der Waals surface area contributed by atoms with Gasteiger partial charge in [0, 0.05) is 13.2 Å². The quantitative estimate of drug-likeness (QED) is 0.0508. The molecule has 256 valence electrons. The van der Waals surface area contributed by atoms with Crippen LogP contribution in [0.3, 0.4) is 0 Å². The van der Waals surface area contributed by atoms with Gasteiger partial charge in [0.25, 0.3) is 0 Å². The van der Waals surface area contributed by atoms with E-state index in [0.29, 0.717) is 12.8 Å². The van der Waals surface area contributed by atoms with Gasteiger partial charge in [0.15, 0.2) is 33.3 Å². The van der Waals surface area contributed by atoms with Gasteiger partial charge >= 0.3 is 29.1 Å². The van der Waals surface area contributed by atoms with Gasteiger partial charge < -0.3 is 36.1 Å². The van der Waals surface area contributed by atoms with E-state index in [0.717, 1.165) is 37.0 Å². The topological polar surface area (TPSA) is 130 Å². The van der Waals surface area contributed by atoms with E-state index >= 15 is 0 Å². The fourth-order valence-corrected chi connectivity index (χ4v) is 33.5. The summed E-state index contributed by atoms with van der Waals surface area (Å²) in [6, 6.07) is 3.44. The molecule has 10 nitrogen and oxygen atoms in total. The Morgan fingerprint density at radius 3 is 0.977 bits per heavy atom. The predicted octanol–water partition coefficient (Wildman–Crippen LogP) is 6.30. The van der Waals surface area contributed by atoms with Crippen molar-refractivity contribution in [3.05, 3.63) is 0 Å². The Kier molecular flexibility index (Phi) is 19.0. The Bertz CT molecular complexity index is 771. The lowest BCUT2D eigenvalue weighted by Crippen LogP contribution is -2.52. The molecule has 0 saturated heterocycles. The van der Waals surface area contributed by atoms with Crippen LogP contribution in [0.4, 0.5) is 0 Å². The summed E-state index contributed by atoms with van der Waals surface area (Å²) in [5, 5.41) is 18.3. The molecule has 0 saturated carbocycles. The van der Waals surface area contributed by atoms with Crippen LogP contribution in [-0.4, -0.2) is 99.0 Å². The molecular weight excluding hydrogens is 653 g/mol. The number of carbonyl (C=O) groups excluding carboxylic acids is 2. The SMILES string of the molecule is C[Si](C)(CCCO)O[Si](C)(C)O[Si](C)(C)CCCOC(=O)CC(=O)OCCC[Si](C)(C)O[Si](C)(C)O[Si](C)(C)CCCO. The summed E-state index contributed by atoms with van der Waals surface area (Å²) in [6.07, 6.45) is 2.44. The molecule has 0 aromatic carbocycles. The molecule has 0 fully saturated rings. The van der Waals surface area contributed by atoms with Crippen LogP contribution in [0.1, 0.15) is 32.1 Å². The summed E-state index contributed by atoms with van der Waals surface area (Å²) in [6.45, 7) is 26.4. The number of esters is 2. The highest BCUT2D eigenvalue weighted by Crippen LogP contribution is 2.27. The Balaban J connectivity index is 4.38. The predicted molar refractivity (Wildman–Crippen MR) is 188 cm³/mol. The lowest BCUT2D eigenvalue weighted by Gasteiger charge is -2.38. The van der Waals surface area contributed by atoms with Crippen molar-refractivity contribution in [2.45, 2.75) is 135 Å². The first kappa shape index (κ1) is 43.0. The lowest BCUT2D eigenvalue weighted by atomic mass is 10.4. The number of aliphatic hydroxyl groups is 2. The van der Waals surface area contributed by atoms with Crippen LogP contribution in [0, 0.1) is 0 Å². The number of hydrogen-bond acceptors (Lipinski definition) is 10.